The standard InChI is InChI=1S/C16H30F2N2O2S/c1-11(2)14-9-19-15(16(14,17)18)8-12(3)13-6-5-7-20(10-13)23(4,21)22/h11-15,19H,5-10H2,1-4H3. The van der Waals surface area contributed by atoms with Crippen molar-refractivity contribution in [2.75, 3.05) is 25.9 Å². The normalized spacial score (nSPS) is 34.0. The van der Waals surface area contributed by atoms with Gasteiger partial charge in [-0.1, -0.05) is 20.8 Å². The summed E-state index contributed by atoms with van der Waals surface area (Å²) in [7, 11) is -3.19. The zero-order valence-corrected chi connectivity index (χ0v) is 15.4. The maximum absolute atomic E-state index is 14.5. The molecule has 0 aromatic rings. The first-order chi connectivity index (χ1) is 10.5. The molecular formula is C16H30F2N2O2S. The van der Waals surface area contributed by atoms with E-state index in [9.17, 15) is 17.2 Å². The van der Waals surface area contributed by atoms with Crippen LogP contribution in [0.4, 0.5) is 8.78 Å². The average Bonchev–Trinajstić information content (AvgIpc) is 2.73. The van der Waals surface area contributed by atoms with Gasteiger partial charge < -0.3 is 5.32 Å². The third kappa shape index (κ3) is 4.23. The van der Waals surface area contributed by atoms with Gasteiger partial charge in [-0.15, -0.1) is 0 Å². The van der Waals surface area contributed by atoms with Crippen LogP contribution in [0.5, 0.6) is 0 Å². The molecule has 4 atom stereocenters. The quantitative estimate of drug-likeness (QED) is 0.827. The number of hydrogen-bond donors (Lipinski definition) is 1. The molecule has 2 fully saturated rings. The van der Waals surface area contributed by atoms with E-state index >= 15 is 0 Å². The summed E-state index contributed by atoms with van der Waals surface area (Å²) in [5.74, 6) is -3.11. The number of nitrogens with one attached hydrogen (secondary N) is 1. The summed E-state index contributed by atoms with van der Waals surface area (Å²) in [4.78, 5) is 0. The summed E-state index contributed by atoms with van der Waals surface area (Å²) in [6.45, 7) is 7.05. The van der Waals surface area contributed by atoms with Crippen LogP contribution in [0.3, 0.4) is 0 Å². The zero-order valence-electron chi connectivity index (χ0n) is 14.6. The van der Waals surface area contributed by atoms with Crippen molar-refractivity contribution in [3.05, 3.63) is 0 Å². The van der Waals surface area contributed by atoms with E-state index in [2.05, 4.69) is 5.32 Å². The highest BCUT2D eigenvalue weighted by atomic mass is 32.2. The Kier molecular flexibility index (Phi) is 5.74. The highest BCUT2D eigenvalue weighted by Crippen LogP contribution is 2.41. The maximum atomic E-state index is 14.5. The molecule has 0 saturated carbocycles. The van der Waals surface area contributed by atoms with Gasteiger partial charge in [0, 0.05) is 25.6 Å². The second-order valence-electron chi connectivity index (χ2n) is 7.72. The molecule has 2 saturated heterocycles. The van der Waals surface area contributed by atoms with Gasteiger partial charge in [0.15, 0.2) is 0 Å². The Morgan fingerprint density at radius 3 is 2.48 bits per heavy atom. The van der Waals surface area contributed by atoms with E-state index in [-0.39, 0.29) is 17.8 Å². The minimum Gasteiger partial charge on any atom is -0.308 e. The lowest BCUT2D eigenvalue weighted by Gasteiger charge is -2.36. The fraction of sp³-hybridized carbons (Fsp3) is 1.00. The van der Waals surface area contributed by atoms with Gasteiger partial charge in [0.25, 0.3) is 5.92 Å². The highest BCUT2D eigenvalue weighted by molar-refractivity contribution is 7.88. The van der Waals surface area contributed by atoms with Gasteiger partial charge >= 0.3 is 0 Å². The van der Waals surface area contributed by atoms with Crippen LogP contribution < -0.4 is 5.32 Å². The first-order valence-electron chi connectivity index (χ1n) is 8.59. The Morgan fingerprint density at radius 1 is 1.30 bits per heavy atom. The molecule has 2 rings (SSSR count). The minimum absolute atomic E-state index is 0.0480. The SMILES string of the molecule is CC(C)C1CNC(CC(C)C2CCCN(S(C)(=O)=O)C2)C1(F)F. The number of nitrogens with zero attached hydrogens (tertiary/aromatic N) is 1. The van der Waals surface area contributed by atoms with Crippen molar-refractivity contribution in [2.45, 2.75) is 52.0 Å². The summed E-state index contributed by atoms with van der Waals surface area (Å²) in [6, 6.07) is -0.793. The van der Waals surface area contributed by atoms with E-state index in [1.165, 1.54) is 10.6 Å². The number of piperidine rings is 1. The number of halogens is 2. The van der Waals surface area contributed by atoms with Crippen molar-refractivity contribution in [3.63, 3.8) is 0 Å². The largest absolute Gasteiger partial charge is 0.308 e. The van der Waals surface area contributed by atoms with Crippen LogP contribution in [0.25, 0.3) is 0 Å². The first-order valence-corrected chi connectivity index (χ1v) is 10.4. The smallest absolute Gasteiger partial charge is 0.267 e. The summed E-state index contributed by atoms with van der Waals surface area (Å²) < 4.78 is 54.0. The molecule has 7 heteroatoms. The second kappa shape index (κ2) is 6.92. The monoisotopic (exact) mass is 352 g/mol. The lowest BCUT2D eigenvalue weighted by Crippen LogP contribution is -2.44. The van der Waals surface area contributed by atoms with Crippen LogP contribution in [0.2, 0.25) is 0 Å². The van der Waals surface area contributed by atoms with Crippen molar-refractivity contribution < 1.29 is 17.2 Å². The fourth-order valence-corrected chi connectivity index (χ4v) is 4.95. The van der Waals surface area contributed by atoms with Crippen LogP contribution in [0, 0.1) is 23.7 Å². The van der Waals surface area contributed by atoms with E-state index in [4.69, 9.17) is 0 Å². The first kappa shape index (κ1) is 19.1. The Bertz CT molecular complexity index is 510. The highest BCUT2D eigenvalue weighted by Gasteiger charge is 2.53. The number of sulfonamides is 1. The van der Waals surface area contributed by atoms with E-state index in [1.807, 2.05) is 20.8 Å². The predicted molar refractivity (Wildman–Crippen MR) is 88.0 cm³/mol. The molecule has 0 radical (unpaired) electrons. The maximum Gasteiger partial charge on any atom is 0.267 e. The third-order valence-corrected chi connectivity index (χ3v) is 6.92. The average molecular weight is 352 g/mol. The van der Waals surface area contributed by atoms with Crippen molar-refractivity contribution in [1.82, 2.24) is 9.62 Å². The van der Waals surface area contributed by atoms with E-state index in [1.54, 1.807) is 0 Å². The summed E-state index contributed by atoms with van der Waals surface area (Å²) in [5, 5.41) is 3.01. The number of hydrogen-bond acceptors (Lipinski definition) is 3. The van der Waals surface area contributed by atoms with Crippen molar-refractivity contribution in [2.24, 2.45) is 23.7 Å². The van der Waals surface area contributed by atoms with Crippen LogP contribution in [0.15, 0.2) is 0 Å². The molecule has 0 spiro atoms. The summed E-state index contributed by atoms with van der Waals surface area (Å²) in [6.07, 6.45) is 3.35. The molecule has 2 aliphatic rings. The molecule has 0 amide bonds. The predicted octanol–water partition coefficient (Wildman–Crippen LogP) is 2.56. The molecule has 23 heavy (non-hydrogen) atoms. The molecule has 2 aliphatic heterocycles. The van der Waals surface area contributed by atoms with Crippen LogP contribution in [-0.2, 0) is 10.0 Å². The molecule has 4 unspecified atom stereocenters. The van der Waals surface area contributed by atoms with Crippen LogP contribution in [-0.4, -0.2) is 50.6 Å². The van der Waals surface area contributed by atoms with Crippen molar-refractivity contribution >= 4 is 10.0 Å². The Hall–Kier alpha value is -0.270. The van der Waals surface area contributed by atoms with Gasteiger partial charge in [-0.3, -0.25) is 0 Å². The van der Waals surface area contributed by atoms with Gasteiger partial charge in [-0.05, 0) is 37.0 Å². The zero-order chi connectivity index (χ0) is 17.4. The second-order valence-corrected chi connectivity index (χ2v) is 9.70. The molecule has 4 nitrogen and oxygen atoms in total. The van der Waals surface area contributed by atoms with Gasteiger partial charge in [-0.2, -0.15) is 0 Å². The number of alkyl halides is 2. The molecule has 2 heterocycles. The number of rotatable bonds is 5. The Morgan fingerprint density at radius 2 is 1.96 bits per heavy atom. The molecular weight excluding hydrogens is 322 g/mol. The van der Waals surface area contributed by atoms with Gasteiger partial charge in [0.2, 0.25) is 10.0 Å². The van der Waals surface area contributed by atoms with E-state index in [0.717, 1.165) is 12.8 Å². The lowest BCUT2D eigenvalue weighted by molar-refractivity contribution is -0.0710. The third-order valence-electron chi connectivity index (χ3n) is 5.65. The molecule has 0 aliphatic carbocycles. The van der Waals surface area contributed by atoms with Crippen LogP contribution in [0.1, 0.15) is 40.0 Å². The molecule has 0 aromatic carbocycles. The van der Waals surface area contributed by atoms with E-state index in [0.29, 0.717) is 26.1 Å². The summed E-state index contributed by atoms with van der Waals surface area (Å²) >= 11 is 0. The topological polar surface area (TPSA) is 49.4 Å². The van der Waals surface area contributed by atoms with Gasteiger partial charge in [0.1, 0.15) is 0 Å². The van der Waals surface area contributed by atoms with Crippen LogP contribution >= 0.6 is 0 Å². The molecule has 0 bridgehead atoms. The lowest BCUT2D eigenvalue weighted by atomic mass is 9.81. The molecule has 1 N–H and O–H groups in total. The molecule has 136 valence electrons. The van der Waals surface area contributed by atoms with Crippen molar-refractivity contribution in [1.29, 1.82) is 0 Å². The summed E-state index contributed by atoms with van der Waals surface area (Å²) in [5.41, 5.74) is 0. The molecule has 0 aromatic heterocycles. The van der Waals surface area contributed by atoms with E-state index < -0.39 is 27.9 Å². The van der Waals surface area contributed by atoms with Gasteiger partial charge in [-0.25, -0.2) is 21.5 Å². The Balaban J connectivity index is 1.98. The Labute approximate surface area is 139 Å². The minimum atomic E-state index is -3.19. The van der Waals surface area contributed by atoms with Crippen molar-refractivity contribution in [3.8, 4) is 0 Å². The van der Waals surface area contributed by atoms with Gasteiger partial charge in [0.05, 0.1) is 12.3 Å². The fourth-order valence-electron chi connectivity index (χ4n) is 4.02.